The number of benzene rings is 4. The lowest BCUT2D eigenvalue weighted by atomic mass is 9.72. The van der Waals surface area contributed by atoms with E-state index in [1.165, 1.54) is 64.5 Å². The highest BCUT2D eigenvalue weighted by molar-refractivity contribution is 6.32. The summed E-state index contributed by atoms with van der Waals surface area (Å²) in [5.74, 6) is -6.86. The van der Waals surface area contributed by atoms with Gasteiger partial charge in [0.1, 0.15) is 71.4 Å². The molecule has 9 unspecified atom stereocenters. The van der Waals surface area contributed by atoms with Gasteiger partial charge in [0.25, 0.3) is 0 Å². The van der Waals surface area contributed by atoms with Crippen molar-refractivity contribution < 1.29 is 97.3 Å². The molecule has 0 radical (unpaired) electrons. The molecule has 4 heterocycles. The minimum Gasteiger partial charge on any atom is -0.507 e. The number of methoxy groups -OCH3 is 2. The fraction of sp³-hybridized carbons (Fsp3) is 0.474. The molecule has 416 valence electrons. The monoisotopic (exact) mass is 1090 g/mol. The zero-order valence-corrected chi connectivity index (χ0v) is 43.9. The van der Waals surface area contributed by atoms with Crippen LogP contribution < -0.4 is 9.47 Å². The first-order valence-electron chi connectivity index (χ1n) is 26.1. The number of carbonyl (C=O) groups excluding carboxylic acids is 6. The van der Waals surface area contributed by atoms with Crippen molar-refractivity contribution in [3.05, 3.63) is 103 Å². The summed E-state index contributed by atoms with van der Waals surface area (Å²) in [7, 11) is 2.66. The second-order valence-corrected chi connectivity index (χ2v) is 21.9. The molecule has 22 nitrogen and oxygen atoms in total. The standard InChI is InChI=1S/C57H58N2O20/c1-22-54-30(13-36(76-22)78-34-17-56(70,24(3)60)15-28-40(34)52(68)44-42(48(28)64)46(62)26-9-7-11-32(72-5)38(26)50(44)66)58(20-74-54)19-59-21-75-55-23(2)77-37(14-31(55)59)79-35-18-57(71,25(4)61)16-29-41(35)53(69)45-43(49(29)65)47(63)27-10-8-12-33(73-6)39(27)51(45)67/h7-12,22-23,30-31,34-37,54-55,64-65,68-71H,13-21H2,1-6H3/t22?,23?,30?,31?,34-,35?,36?,37?,54?,55?,56-,57-/m0/s1. The van der Waals surface area contributed by atoms with E-state index in [4.69, 9.17) is 37.9 Å². The van der Waals surface area contributed by atoms with Gasteiger partial charge in [-0.15, -0.1) is 0 Å². The summed E-state index contributed by atoms with van der Waals surface area (Å²) in [6, 6.07) is 8.09. The van der Waals surface area contributed by atoms with Gasteiger partial charge >= 0.3 is 0 Å². The van der Waals surface area contributed by atoms with E-state index in [9.17, 15) is 59.4 Å². The smallest absolute Gasteiger partial charge is 0.202 e. The SMILES string of the molecule is COc1cccc2c1C(=O)c1c(O)c3c(c(O)c1C2=O)C[C@@](O)(C(C)=O)CC3OC1CC2C(OCN2CN2COC3C(C)OC(O[C@H]4C[C@](O)(C(C)=O)Cc5c(O)c6c(c(O)c54)C(=O)c4c(OC)cccc4C6=O)CC32)C(C)O1. The first-order valence-corrected chi connectivity index (χ1v) is 26.1. The molecule has 0 bridgehead atoms. The van der Waals surface area contributed by atoms with Gasteiger partial charge in [0.15, 0.2) is 35.7 Å². The van der Waals surface area contributed by atoms with Crippen LogP contribution in [0.25, 0.3) is 0 Å². The first kappa shape index (κ1) is 53.0. The third kappa shape index (κ3) is 7.97. The Morgan fingerprint density at radius 1 is 0.582 bits per heavy atom. The largest absolute Gasteiger partial charge is 0.507 e. The third-order valence-corrected chi connectivity index (χ3v) is 17.5. The summed E-state index contributed by atoms with van der Waals surface area (Å²) in [6.07, 6.45) is -8.33. The quantitative estimate of drug-likeness (QED) is 0.107. The molecule has 22 heteroatoms. The van der Waals surface area contributed by atoms with Gasteiger partial charge in [-0.25, -0.2) is 0 Å². The van der Waals surface area contributed by atoms with Gasteiger partial charge in [0.05, 0.1) is 78.7 Å². The fourth-order valence-corrected chi connectivity index (χ4v) is 13.5. The molecule has 0 saturated carbocycles. The summed E-state index contributed by atoms with van der Waals surface area (Å²) < 4.78 is 49.5. The Kier molecular flexibility index (Phi) is 12.7. The van der Waals surface area contributed by atoms with E-state index < -0.39 is 166 Å². The van der Waals surface area contributed by atoms with E-state index in [2.05, 4.69) is 9.80 Å². The Balaban J connectivity index is 0.802. The Bertz CT molecular complexity index is 3140. The van der Waals surface area contributed by atoms with Crippen molar-refractivity contribution in [2.24, 2.45) is 0 Å². The van der Waals surface area contributed by atoms with Crippen molar-refractivity contribution in [2.75, 3.05) is 34.3 Å². The molecule has 12 rings (SSSR count). The summed E-state index contributed by atoms with van der Waals surface area (Å²) in [5.41, 5.74) is -6.80. The zero-order chi connectivity index (χ0) is 56.0. The molecule has 12 atom stereocenters. The van der Waals surface area contributed by atoms with Gasteiger partial charge < -0.3 is 68.5 Å². The first-order chi connectivity index (χ1) is 37.6. The molecule has 4 aromatic rings. The van der Waals surface area contributed by atoms with Crippen LogP contribution in [0.15, 0.2) is 36.4 Å². The number of aliphatic hydroxyl groups is 2. The molecular weight excluding hydrogens is 1030 g/mol. The van der Waals surface area contributed by atoms with Gasteiger partial charge in [0.2, 0.25) is 11.6 Å². The number of Topliss-reactive ketones (excluding diaryl/α,β-unsaturated/α-hetero) is 2. The van der Waals surface area contributed by atoms with Crippen molar-refractivity contribution in [3.8, 4) is 34.5 Å². The van der Waals surface area contributed by atoms with Crippen molar-refractivity contribution in [2.45, 2.75) is 139 Å². The number of nitrogens with zero attached hydrogens (tertiary/aromatic N) is 2. The van der Waals surface area contributed by atoms with Crippen LogP contribution in [0.5, 0.6) is 34.5 Å². The maximum absolute atomic E-state index is 14.2. The Morgan fingerprint density at radius 2 is 0.962 bits per heavy atom. The van der Waals surface area contributed by atoms with Crippen molar-refractivity contribution >= 4 is 34.7 Å². The maximum atomic E-state index is 14.2. The van der Waals surface area contributed by atoms with Gasteiger partial charge in [-0.1, -0.05) is 24.3 Å². The van der Waals surface area contributed by atoms with Crippen molar-refractivity contribution in [1.82, 2.24) is 9.80 Å². The van der Waals surface area contributed by atoms with Gasteiger partial charge in [-0.3, -0.25) is 38.6 Å². The normalized spacial score (nSPS) is 31.7. The molecule has 0 aromatic heterocycles. The second-order valence-electron chi connectivity index (χ2n) is 21.9. The van der Waals surface area contributed by atoms with Crippen LogP contribution in [0.3, 0.4) is 0 Å². The lowest BCUT2D eigenvalue weighted by Crippen LogP contribution is -2.55. The number of ether oxygens (including phenoxy) is 8. The number of rotatable bonds is 10. The molecule has 6 N–H and O–H groups in total. The number of ketones is 6. The number of hydrogen-bond donors (Lipinski definition) is 6. The van der Waals surface area contributed by atoms with Crippen molar-refractivity contribution in [3.63, 3.8) is 0 Å². The topological polar surface area (TPSA) is 304 Å². The summed E-state index contributed by atoms with van der Waals surface area (Å²) in [4.78, 5) is 86.9. The van der Waals surface area contributed by atoms with Crippen LogP contribution in [0.4, 0.5) is 0 Å². The van der Waals surface area contributed by atoms with Gasteiger partial charge in [-0.2, -0.15) is 0 Å². The molecule has 4 aliphatic carbocycles. The second kappa shape index (κ2) is 19.0. The third-order valence-electron chi connectivity index (χ3n) is 17.5. The highest BCUT2D eigenvalue weighted by atomic mass is 16.7. The van der Waals surface area contributed by atoms with Crippen molar-refractivity contribution in [1.29, 1.82) is 0 Å². The van der Waals surface area contributed by atoms with Crippen LogP contribution in [-0.2, 0) is 50.9 Å². The highest BCUT2D eigenvalue weighted by Crippen LogP contribution is 2.55. The number of carbonyl (C=O) groups is 6. The molecule has 0 amide bonds. The number of hydrogen-bond acceptors (Lipinski definition) is 22. The van der Waals surface area contributed by atoms with E-state index >= 15 is 0 Å². The van der Waals surface area contributed by atoms with E-state index in [1.54, 1.807) is 13.8 Å². The minimum absolute atomic E-state index is 0.0554. The fourth-order valence-electron chi connectivity index (χ4n) is 13.5. The molecule has 4 saturated heterocycles. The molecule has 4 aromatic carbocycles. The van der Waals surface area contributed by atoms with Gasteiger partial charge in [-0.05, 0) is 39.8 Å². The average molecular weight is 1090 g/mol. The Labute approximate surface area is 451 Å². The van der Waals surface area contributed by atoms with E-state index in [0.717, 1.165) is 0 Å². The molecule has 4 aliphatic heterocycles. The lowest BCUT2D eigenvalue weighted by molar-refractivity contribution is -0.248. The predicted molar refractivity (Wildman–Crippen MR) is 268 cm³/mol. The van der Waals surface area contributed by atoms with E-state index in [1.807, 2.05) is 0 Å². The molecule has 8 aliphatic rings. The minimum atomic E-state index is -2.11. The van der Waals surface area contributed by atoms with Gasteiger partial charge in [0, 0.05) is 84.0 Å². The van der Waals surface area contributed by atoms with E-state index in [-0.39, 0.29) is 101 Å². The molecule has 4 fully saturated rings. The Hall–Kier alpha value is -6.70. The van der Waals surface area contributed by atoms with Crippen LogP contribution in [0.1, 0.15) is 152 Å². The highest BCUT2D eigenvalue weighted by Gasteiger charge is 2.55. The van der Waals surface area contributed by atoms with Crippen LogP contribution in [0, 0.1) is 0 Å². The lowest BCUT2D eigenvalue weighted by Gasteiger charge is -2.44. The molecule has 0 spiro atoms. The maximum Gasteiger partial charge on any atom is 0.202 e. The summed E-state index contributed by atoms with van der Waals surface area (Å²) in [6.45, 7) is 6.55. The summed E-state index contributed by atoms with van der Waals surface area (Å²) in [5, 5.41) is 71.6. The Morgan fingerprint density at radius 3 is 1.33 bits per heavy atom. The van der Waals surface area contributed by atoms with Crippen LogP contribution >= 0.6 is 0 Å². The van der Waals surface area contributed by atoms with E-state index in [0.29, 0.717) is 0 Å². The zero-order valence-electron chi connectivity index (χ0n) is 43.9. The average Bonchev–Trinajstić information content (AvgIpc) is 4.21. The van der Waals surface area contributed by atoms with Crippen LogP contribution in [0.2, 0.25) is 0 Å². The number of phenols is 4. The predicted octanol–water partition coefficient (Wildman–Crippen LogP) is 3.71. The number of aromatic hydroxyl groups is 4. The summed E-state index contributed by atoms with van der Waals surface area (Å²) >= 11 is 0. The molecular formula is C57H58N2O20. The molecule has 79 heavy (non-hydrogen) atoms. The number of phenolic OH excluding ortho intramolecular Hbond substituents is 4. The number of fused-ring (bicyclic) bond motifs is 8. The van der Waals surface area contributed by atoms with Crippen LogP contribution in [-0.4, -0.2) is 170 Å².